The summed E-state index contributed by atoms with van der Waals surface area (Å²) in [6, 6.07) is -1.00. The van der Waals surface area contributed by atoms with E-state index in [0.29, 0.717) is 6.54 Å². The van der Waals surface area contributed by atoms with Gasteiger partial charge in [-0.05, 0) is 26.8 Å². The first-order valence-electron chi connectivity index (χ1n) is 7.42. The van der Waals surface area contributed by atoms with E-state index in [1.54, 1.807) is 13.8 Å². The molecule has 0 aliphatic carbocycles. The van der Waals surface area contributed by atoms with Crippen LogP contribution in [0.1, 0.15) is 40.0 Å². The summed E-state index contributed by atoms with van der Waals surface area (Å²) in [4.78, 5) is 36.9. The number of carbonyl (C=O) groups is 3. The summed E-state index contributed by atoms with van der Waals surface area (Å²) in [5, 5.41) is 21.1. The molecule has 7 nitrogen and oxygen atoms in total. The molecule has 3 N–H and O–H groups in total. The van der Waals surface area contributed by atoms with Crippen LogP contribution in [0.5, 0.6) is 0 Å². The van der Waals surface area contributed by atoms with Gasteiger partial charge in [0.15, 0.2) is 0 Å². The van der Waals surface area contributed by atoms with Crippen molar-refractivity contribution in [2.24, 2.45) is 0 Å². The fraction of sp³-hybridized carbons (Fsp3) is 0.786. The Balaban J connectivity index is 2.23. The van der Waals surface area contributed by atoms with Crippen LogP contribution in [0.2, 0.25) is 0 Å². The van der Waals surface area contributed by atoms with E-state index < -0.39 is 39.5 Å². The smallest absolute Gasteiger partial charge is 0.336 e. The number of β-lactam (4-membered cyclic amide) rings is 1. The molecule has 0 aromatic heterocycles. The minimum Gasteiger partial charge on any atom is -0.480 e. The van der Waals surface area contributed by atoms with E-state index in [1.165, 1.54) is 16.7 Å². The number of carbonyl (C=O) groups excluding carboxylic acids is 1. The molecule has 0 spiro atoms. The third-order valence-corrected chi connectivity index (χ3v) is 5.94. The summed E-state index contributed by atoms with van der Waals surface area (Å²) in [6.07, 6.45) is 2.72. The Hall–Kier alpha value is -1.28. The zero-order valence-corrected chi connectivity index (χ0v) is 13.8. The van der Waals surface area contributed by atoms with E-state index in [1.807, 2.05) is 6.92 Å². The molecule has 2 fully saturated rings. The molecule has 0 aromatic carbocycles. The number of nitrogens with one attached hydrogen (secondary N) is 1. The van der Waals surface area contributed by atoms with Gasteiger partial charge in [-0.2, -0.15) is 0 Å². The molecule has 1 amide bonds. The van der Waals surface area contributed by atoms with Crippen molar-refractivity contribution >= 4 is 29.6 Å². The van der Waals surface area contributed by atoms with Crippen molar-refractivity contribution in [3.8, 4) is 0 Å². The van der Waals surface area contributed by atoms with Gasteiger partial charge >= 0.3 is 11.9 Å². The van der Waals surface area contributed by atoms with Gasteiger partial charge in [-0.15, -0.1) is 11.8 Å². The van der Waals surface area contributed by atoms with Gasteiger partial charge in [0.2, 0.25) is 5.54 Å². The van der Waals surface area contributed by atoms with Crippen molar-refractivity contribution in [2.75, 3.05) is 6.54 Å². The molecule has 0 aromatic rings. The number of amides is 1. The normalized spacial score (nSPS) is 32.5. The molecular formula is C14H22N2O5S. The lowest BCUT2D eigenvalue weighted by atomic mass is 9.84. The zero-order chi connectivity index (χ0) is 16.7. The number of unbranched alkanes of at least 4 members (excludes halogenated alkanes) is 2. The second-order valence-electron chi connectivity index (χ2n) is 6.27. The highest BCUT2D eigenvalue weighted by molar-refractivity contribution is 8.01. The largest absolute Gasteiger partial charge is 0.480 e. The van der Waals surface area contributed by atoms with Crippen LogP contribution in [0.3, 0.4) is 0 Å². The minimum atomic E-state index is -1.69. The number of fused-ring (bicyclic) bond motifs is 1. The van der Waals surface area contributed by atoms with Crippen molar-refractivity contribution in [3.63, 3.8) is 0 Å². The average Bonchev–Trinajstić information content (AvgIpc) is 2.67. The number of carboxylic acids is 2. The Morgan fingerprint density at radius 1 is 1.32 bits per heavy atom. The minimum absolute atomic E-state index is 0.426. The number of aliphatic carboxylic acids is 2. The second kappa shape index (κ2) is 5.73. The maximum absolute atomic E-state index is 12.5. The number of rotatable bonds is 7. The number of nitrogens with zero attached hydrogens (tertiary/aromatic N) is 1. The maximum Gasteiger partial charge on any atom is 0.336 e. The molecule has 2 rings (SSSR count). The molecule has 0 unspecified atom stereocenters. The molecule has 124 valence electrons. The van der Waals surface area contributed by atoms with Gasteiger partial charge in [-0.25, -0.2) is 9.59 Å². The van der Waals surface area contributed by atoms with E-state index in [9.17, 15) is 24.6 Å². The van der Waals surface area contributed by atoms with E-state index >= 15 is 0 Å². The van der Waals surface area contributed by atoms with Crippen LogP contribution < -0.4 is 5.32 Å². The first-order valence-corrected chi connectivity index (χ1v) is 8.30. The fourth-order valence-electron chi connectivity index (χ4n) is 3.16. The van der Waals surface area contributed by atoms with E-state index in [-0.39, 0.29) is 0 Å². The molecule has 2 saturated heterocycles. The molecule has 2 aliphatic rings. The average molecular weight is 330 g/mol. The molecule has 3 atom stereocenters. The molecule has 22 heavy (non-hydrogen) atoms. The molecule has 2 aliphatic heterocycles. The molecule has 8 heteroatoms. The van der Waals surface area contributed by atoms with Crippen LogP contribution in [-0.4, -0.2) is 61.2 Å². The van der Waals surface area contributed by atoms with E-state index in [2.05, 4.69) is 5.32 Å². The van der Waals surface area contributed by atoms with Crippen molar-refractivity contribution in [1.82, 2.24) is 10.2 Å². The van der Waals surface area contributed by atoms with E-state index in [4.69, 9.17) is 0 Å². The summed E-state index contributed by atoms with van der Waals surface area (Å²) in [5.41, 5.74) is -1.69. The highest BCUT2D eigenvalue weighted by atomic mass is 32.2. The lowest BCUT2D eigenvalue weighted by Crippen LogP contribution is -2.82. The predicted molar refractivity (Wildman–Crippen MR) is 81.6 cm³/mol. The zero-order valence-electron chi connectivity index (χ0n) is 13.0. The number of thioether (sulfide) groups is 1. The molecule has 0 bridgehead atoms. The lowest BCUT2D eigenvalue weighted by Gasteiger charge is -2.50. The van der Waals surface area contributed by atoms with E-state index in [0.717, 1.165) is 19.3 Å². The molecule has 0 saturated carbocycles. The Kier molecular flexibility index (Phi) is 4.45. The highest BCUT2D eigenvalue weighted by Crippen LogP contribution is 2.54. The van der Waals surface area contributed by atoms with Crippen LogP contribution >= 0.6 is 11.8 Å². The van der Waals surface area contributed by atoms with Gasteiger partial charge in [0.25, 0.3) is 5.91 Å². The SMILES string of the molecule is CCCCCN[C@@]1(C(=O)O)C(=O)N2[C@@H](C(=O)O)C(C)(C)S[C@@H]21. The van der Waals surface area contributed by atoms with Crippen molar-refractivity contribution in [3.05, 3.63) is 0 Å². The second-order valence-corrected chi connectivity index (χ2v) is 8.01. The number of carboxylic acid groups (broad SMARTS) is 2. The molecule has 2 heterocycles. The monoisotopic (exact) mass is 330 g/mol. The fourth-order valence-corrected chi connectivity index (χ4v) is 4.87. The Bertz CT molecular complexity index is 509. The van der Waals surface area contributed by atoms with Gasteiger partial charge in [-0.3, -0.25) is 10.1 Å². The first kappa shape index (κ1) is 17.1. The maximum atomic E-state index is 12.5. The number of hydrogen-bond donors (Lipinski definition) is 3. The predicted octanol–water partition coefficient (Wildman–Crippen LogP) is 0.737. The van der Waals surface area contributed by atoms with Crippen LogP contribution in [0.25, 0.3) is 0 Å². The first-order chi connectivity index (χ1) is 10.2. The molecular weight excluding hydrogens is 308 g/mol. The van der Waals surface area contributed by atoms with Gasteiger partial charge in [-0.1, -0.05) is 19.8 Å². The van der Waals surface area contributed by atoms with Gasteiger partial charge in [0.1, 0.15) is 11.4 Å². The van der Waals surface area contributed by atoms with Crippen molar-refractivity contribution in [2.45, 2.75) is 61.7 Å². The van der Waals surface area contributed by atoms with Gasteiger partial charge in [0.05, 0.1) is 0 Å². The topological polar surface area (TPSA) is 107 Å². The third-order valence-electron chi connectivity index (χ3n) is 4.30. The summed E-state index contributed by atoms with van der Waals surface area (Å²) in [7, 11) is 0. The van der Waals surface area contributed by atoms with Gasteiger partial charge in [0, 0.05) is 4.75 Å². The van der Waals surface area contributed by atoms with Crippen LogP contribution in [0.4, 0.5) is 0 Å². The highest BCUT2D eigenvalue weighted by Gasteiger charge is 2.74. The van der Waals surface area contributed by atoms with Gasteiger partial charge < -0.3 is 15.1 Å². The number of hydrogen-bond acceptors (Lipinski definition) is 5. The van der Waals surface area contributed by atoms with Crippen molar-refractivity contribution < 1.29 is 24.6 Å². The van der Waals surface area contributed by atoms with Crippen molar-refractivity contribution in [1.29, 1.82) is 0 Å². The summed E-state index contributed by atoms with van der Waals surface area (Å²) >= 11 is 1.24. The van der Waals surface area contributed by atoms with Crippen LogP contribution in [0.15, 0.2) is 0 Å². The third kappa shape index (κ3) is 2.28. The Morgan fingerprint density at radius 2 is 1.95 bits per heavy atom. The quantitative estimate of drug-likeness (QED) is 0.359. The summed E-state index contributed by atoms with van der Waals surface area (Å²) < 4.78 is -0.728. The molecule has 0 radical (unpaired) electrons. The summed E-state index contributed by atoms with van der Waals surface area (Å²) in [6.45, 7) is 5.92. The Labute approximate surface area is 133 Å². The Morgan fingerprint density at radius 3 is 2.45 bits per heavy atom. The standard InChI is InChI=1S/C14H22N2O5S/c1-4-5-6-7-15-14(12(20)21)10(19)16-8(9(17)18)13(2,3)22-11(14)16/h8,11,15H,4-7H2,1-3H3,(H,17,18)(H,20,21)/t8-,11+,14-/m0/s1. The lowest BCUT2D eigenvalue weighted by molar-refractivity contribution is -0.177. The van der Waals surface area contributed by atoms with Crippen LogP contribution in [-0.2, 0) is 14.4 Å². The summed E-state index contributed by atoms with van der Waals surface area (Å²) in [5.74, 6) is -2.98. The van der Waals surface area contributed by atoms with Crippen LogP contribution in [0, 0.1) is 0 Å².